The molecule has 0 fully saturated rings. The summed E-state index contributed by atoms with van der Waals surface area (Å²) in [6, 6.07) is 9.70. The van der Waals surface area contributed by atoms with Crippen LogP contribution >= 0.6 is 22.9 Å². The number of hydrogen-bond donors (Lipinski definition) is 0. The molecule has 4 nitrogen and oxygen atoms in total. The lowest BCUT2D eigenvalue weighted by molar-refractivity contribution is 0.866. The van der Waals surface area contributed by atoms with Gasteiger partial charge in [-0.05, 0) is 30.0 Å². The third-order valence-corrected chi connectivity index (χ3v) is 4.82. The molecule has 0 spiro atoms. The first-order chi connectivity index (χ1) is 10.9. The summed E-state index contributed by atoms with van der Waals surface area (Å²) in [6.07, 6.45) is 1.85. The van der Waals surface area contributed by atoms with Crippen molar-refractivity contribution in [3.8, 4) is 0 Å². The highest BCUT2D eigenvalue weighted by Gasteiger charge is 2.10. The summed E-state index contributed by atoms with van der Waals surface area (Å²) in [4.78, 5) is 16.8. The van der Waals surface area contributed by atoms with Gasteiger partial charge in [-0.2, -0.15) is 9.61 Å². The van der Waals surface area contributed by atoms with Crippen molar-refractivity contribution in [3.05, 3.63) is 62.5 Å². The average molecular weight is 346 g/mol. The van der Waals surface area contributed by atoms with Crippen LogP contribution in [0, 0.1) is 6.92 Å². The number of rotatable bonds is 3. The molecule has 0 radical (unpaired) electrons. The number of nitrogens with zero attached hydrogens (tertiary/aromatic N) is 3. The van der Waals surface area contributed by atoms with E-state index in [-0.39, 0.29) is 5.56 Å². The number of benzene rings is 1. The van der Waals surface area contributed by atoms with Crippen molar-refractivity contribution in [1.82, 2.24) is 14.6 Å². The van der Waals surface area contributed by atoms with Gasteiger partial charge in [0.25, 0.3) is 5.56 Å². The Kier molecular flexibility index (Phi) is 4.33. The van der Waals surface area contributed by atoms with E-state index in [0.29, 0.717) is 26.6 Å². The molecule has 0 unspecified atom stereocenters. The molecular weight excluding hydrogens is 330 g/mol. The highest BCUT2D eigenvalue weighted by Crippen LogP contribution is 2.26. The molecule has 0 saturated carbocycles. The van der Waals surface area contributed by atoms with Gasteiger partial charge in [0.05, 0.1) is 5.03 Å². The van der Waals surface area contributed by atoms with E-state index >= 15 is 0 Å². The van der Waals surface area contributed by atoms with E-state index in [2.05, 4.69) is 36.1 Å². The fourth-order valence-corrected chi connectivity index (χ4v) is 3.34. The molecule has 0 bridgehead atoms. The predicted molar refractivity (Wildman–Crippen MR) is 96.1 cm³/mol. The van der Waals surface area contributed by atoms with Crippen LogP contribution in [-0.2, 0) is 0 Å². The molecule has 6 heteroatoms. The molecule has 2 aromatic heterocycles. The quantitative estimate of drug-likeness (QED) is 0.710. The maximum atomic E-state index is 11.9. The highest BCUT2D eigenvalue weighted by atomic mass is 35.5. The van der Waals surface area contributed by atoms with E-state index in [1.165, 1.54) is 27.5 Å². The highest BCUT2D eigenvalue weighted by molar-refractivity contribution is 7.18. The minimum absolute atomic E-state index is 0.194. The summed E-state index contributed by atoms with van der Waals surface area (Å²) in [5.41, 5.74) is 2.76. The number of hydrogen-bond acceptors (Lipinski definition) is 4. The second-order valence-electron chi connectivity index (χ2n) is 5.65. The Morgan fingerprint density at radius 2 is 2.00 bits per heavy atom. The molecule has 0 amide bonds. The minimum atomic E-state index is -0.194. The van der Waals surface area contributed by atoms with Gasteiger partial charge < -0.3 is 0 Å². The third-order valence-electron chi connectivity index (χ3n) is 3.47. The molecule has 3 aromatic rings. The largest absolute Gasteiger partial charge is 0.275 e. The van der Waals surface area contributed by atoms with E-state index in [9.17, 15) is 4.79 Å². The summed E-state index contributed by atoms with van der Waals surface area (Å²) < 4.78 is 1.28. The zero-order chi connectivity index (χ0) is 16.6. The first kappa shape index (κ1) is 15.9. The van der Waals surface area contributed by atoms with Crippen molar-refractivity contribution in [2.24, 2.45) is 0 Å². The molecule has 23 heavy (non-hydrogen) atoms. The van der Waals surface area contributed by atoms with Gasteiger partial charge in [-0.15, -0.1) is 0 Å². The van der Waals surface area contributed by atoms with Crippen molar-refractivity contribution in [2.45, 2.75) is 26.7 Å². The van der Waals surface area contributed by atoms with Crippen molar-refractivity contribution in [3.63, 3.8) is 0 Å². The fraction of sp³-hybridized carbons (Fsp3) is 0.235. The molecule has 0 aliphatic rings. The maximum Gasteiger partial charge on any atom is 0.275 e. The van der Waals surface area contributed by atoms with Crippen LogP contribution in [0.3, 0.4) is 0 Å². The molecule has 3 rings (SSSR count). The summed E-state index contributed by atoms with van der Waals surface area (Å²) in [5, 5.41) is 5.33. The van der Waals surface area contributed by atoms with Gasteiger partial charge in [0.15, 0.2) is 5.01 Å². The smallest absolute Gasteiger partial charge is 0.267 e. The fourth-order valence-electron chi connectivity index (χ4n) is 2.20. The van der Waals surface area contributed by atoms with E-state index in [1.807, 2.05) is 18.2 Å². The molecule has 2 heterocycles. The Hall–Kier alpha value is -1.98. The molecule has 0 atom stereocenters. The number of aryl methyl sites for hydroxylation is 1. The van der Waals surface area contributed by atoms with Crippen LogP contribution in [0.5, 0.6) is 0 Å². The van der Waals surface area contributed by atoms with E-state index in [4.69, 9.17) is 11.6 Å². The molecule has 1 aromatic carbocycles. The van der Waals surface area contributed by atoms with Gasteiger partial charge in [0.2, 0.25) is 4.96 Å². The zero-order valence-corrected chi connectivity index (χ0v) is 14.6. The van der Waals surface area contributed by atoms with Crippen LogP contribution in [0.15, 0.2) is 35.1 Å². The van der Waals surface area contributed by atoms with Crippen molar-refractivity contribution in [2.75, 3.05) is 0 Å². The molecule has 0 aliphatic heterocycles. The van der Waals surface area contributed by atoms with Gasteiger partial charge in [-0.1, -0.05) is 61.1 Å². The van der Waals surface area contributed by atoms with Gasteiger partial charge in [-0.3, -0.25) is 4.79 Å². The molecular formula is C17H16ClN3OS. The van der Waals surface area contributed by atoms with Crippen molar-refractivity contribution in [1.29, 1.82) is 0 Å². The van der Waals surface area contributed by atoms with E-state index in [0.717, 1.165) is 5.56 Å². The van der Waals surface area contributed by atoms with E-state index < -0.39 is 0 Å². The summed E-state index contributed by atoms with van der Waals surface area (Å²) >= 11 is 7.67. The number of fused-ring (bicyclic) bond motifs is 1. The Morgan fingerprint density at radius 3 is 2.65 bits per heavy atom. The third kappa shape index (κ3) is 3.35. The molecule has 0 N–H and O–H groups in total. The predicted octanol–water partition coefficient (Wildman–Crippen LogP) is 4.32. The van der Waals surface area contributed by atoms with E-state index in [1.54, 1.807) is 6.92 Å². The van der Waals surface area contributed by atoms with Crippen LogP contribution < -0.4 is 5.56 Å². The Balaban J connectivity index is 1.97. The van der Waals surface area contributed by atoms with Gasteiger partial charge >= 0.3 is 0 Å². The molecule has 118 valence electrons. The van der Waals surface area contributed by atoms with Crippen LogP contribution in [0.4, 0.5) is 0 Å². The second kappa shape index (κ2) is 6.26. The molecule has 0 saturated heterocycles. The lowest BCUT2D eigenvalue weighted by atomic mass is 10.0. The standard InChI is InChI=1S/C17H16ClN3OS/c1-10(2)13-6-4-12(5-7-13)9-14(18)16-20-21-15(22)8-11(3)19-17(21)23-16/h4-10H,1-3H3/b14-9-. The Labute approximate surface area is 143 Å². The number of aromatic nitrogens is 3. The van der Waals surface area contributed by atoms with Gasteiger partial charge in [-0.25, -0.2) is 4.98 Å². The van der Waals surface area contributed by atoms with Crippen molar-refractivity contribution >= 4 is 39.0 Å². The van der Waals surface area contributed by atoms with Gasteiger partial charge in [0.1, 0.15) is 0 Å². The molecule has 0 aliphatic carbocycles. The van der Waals surface area contributed by atoms with Crippen LogP contribution in [0.1, 0.15) is 41.6 Å². The van der Waals surface area contributed by atoms with Gasteiger partial charge in [0, 0.05) is 11.8 Å². The van der Waals surface area contributed by atoms with Crippen LogP contribution in [0.25, 0.3) is 16.1 Å². The minimum Gasteiger partial charge on any atom is -0.267 e. The zero-order valence-electron chi connectivity index (χ0n) is 13.1. The lowest BCUT2D eigenvalue weighted by Gasteiger charge is -2.04. The maximum absolute atomic E-state index is 11.9. The van der Waals surface area contributed by atoms with Crippen LogP contribution in [-0.4, -0.2) is 14.6 Å². The first-order valence-electron chi connectivity index (χ1n) is 7.29. The van der Waals surface area contributed by atoms with Crippen molar-refractivity contribution < 1.29 is 0 Å². The number of halogens is 1. The second-order valence-corrected chi connectivity index (χ2v) is 7.01. The summed E-state index contributed by atoms with van der Waals surface area (Å²) in [6.45, 7) is 6.10. The normalized spacial score (nSPS) is 12.3. The SMILES string of the molecule is Cc1cc(=O)n2nc(/C(Cl)=C/c3ccc(C(C)C)cc3)sc2n1. The topological polar surface area (TPSA) is 47.3 Å². The monoisotopic (exact) mass is 345 g/mol. The summed E-state index contributed by atoms with van der Waals surface area (Å²) in [5.74, 6) is 0.494. The Bertz CT molecular complexity index is 939. The Morgan fingerprint density at radius 1 is 1.30 bits per heavy atom. The lowest BCUT2D eigenvalue weighted by Crippen LogP contribution is -2.14. The van der Waals surface area contributed by atoms with Crippen LogP contribution in [0.2, 0.25) is 0 Å². The average Bonchev–Trinajstić information content (AvgIpc) is 2.92. The first-order valence-corrected chi connectivity index (χ1v) is 8.48. The summed E-state index contributed by atoms with van der Waals surface area (Å²) in [7, 11) is 0.